The normalized spacial score (nSPS) is 12.2. The van der Waals surface area contributed by atoms with Crippen LogP contribution in [0.25, 0.3) is 0 Å². The van der Waals surface area contributed by atoms with Gasteiger partial charge in [0.15, 0.2) is 0 Å². The molecule has 5 nitrogen and oxygen atoms in total. The smallest absolute Gasteiger partial charge is 0.238 e. The molecule has 0 fully saturated rings. The standard InChI is InChI=1S/C16H21BrN4O/c1-11(9-21-10-19-12(2)13(21)3)18-8-16(22)20-15-6-4-5-14(17)7-15/h4-7,10-11,18H,8-9H2,1-3H3,(H,20,22)/t11-/m1/s1. The molecular weight excluding hydrogens is 344 g/mol. The van der Waals surface area contributed by atoms with E-state index in [0.717, 1.165) is 28.1 Å². The van der Waals surface area contributed by atoms with Crippen LogP contribution in [-0.4, -0.2) is 28.0 Å². The SMILES string of the molecule is Cc1ncn(C[C@@H](C)NCC(=O)Nc2cccc(Br)c2)c1C. The molecule has 0 saturated heterocycles. The number of amides is 1. The van der Waals surface area contributed by atoms with Crippen molar-refractivity contribution in [1.29, 1.82) is 0 Å². The van der Waals surface area contributed by atoms with E-state index in [4.69, 9.17) is 0 Å². The van der Waals surface area contributed by atoms with E-state index in [0.29, 0.717) is 0 Å². The van der Waals surface area contributed by atoms with Crippen LogP contribution in [0.3, 0.4) is 0 Å². The summed E-state index contributed by atoms with van der Waals surface area (Å²) in [6, 6.07) is 7.73. The molecule has 2 N–H and O–H groups in total. The molecular formula is C16H21BrN4O. The third-order valence-electron chi connectivity index (χ3n) is 3.54. The van der Waals surface area contributed by atoms with Gasteiger partial charge in [0.25, 0.3) is 0 Å². The topological polar surface area (TPSA) is 59.0 Å². The fraction of sp³-hybridized carbons (Fsp3) is 0.375. The lowest BCUT2D eigenvalue weighted by atomic mass is 10.3. The number of aryl methyl sites for hydroxylation is 1. The molecule has 2 aromatic rings. The third-order valence-corrected chi connectivity index (χ3v) is 4.03. The van der Waals surface area contributed by atoms with Gasteiger partial charge in [-0.3, -0.25) is 4.79 Å². The van der Waals surface area contributed by atoms with Crippen LogP contribution in [-0.2, 0) is 11.3 Å². The van der Waals surface area contributed by atoms with Crippen molar-refractivity contribution in [1.82, 2.24) is 14.9 Å². The van der Waals surface area contributed by atoms with Crippen molar-refractivity contribution in [2.45, 2.75) is 33.4 Å². The van der Waals surface area contributed by atoms with Gasteiger partial charge < -0.3 is 15.2 Å². The molecule has 0 radical (unpaired) electrons. The van der Waals surface area contributed by atoms with Crippen molar-refractivity contribution in [3.8, 4) is 0 Å². The largest absolute Gasteiger partial charge is 0.333 e. The maximum absolute atomic E-state index is 11.9. The predicted molar refractivity (Wildman–Crippen MR) is 91.9 cm³/mol. The zero-order valence-electron chi connectivity index (χ0n) is 13.1. The van der Waals surface area contributed by atoms with Crippen molar-refractivity contribution in [2.24, 2.45) is 0 Å². The van der Waals surface area contributed by atoms with Gasteiger partial charge in [-0.1, -0.05) is 22.0 Å². The monoisotopic (exact) mass is 364 g/mol. The van der Waals surface area contributed by atoms with Crippen molar-refractivity contribution >= 4 is 27.5 Å². The summed E-state index contributed by atoms with van der Waals surface area (Å²) in [5, 5.41) is 6.10. The summed E-state index contributed by atoms with van der Waals surface area (Å²) in [6.07, 6.45) is 1.84. The molecule has 0 unspecified atom stereocenters. The lowest BCUT2D eigenvalue weighted by Crippen LogP contribution is -2.36. The van der Waals surface area contributed by atoms with Gasteiger partial charge in [-0.25, -0.2) is 4.98 Å². The summed E-state index contributed by atoms with van der Waals surface area (Å²) < 4.78 is 3.04. The molecule has 118 valence electrons. The van der Waals surface area contributed by atoms with Gasteiger partial charge in [-0.05, 0) is 39.0 Å². The highest BCUT2D eigenvalue weighted by atomic mass is 79.9. The van der Waals surface area contributed by atoms with E-state index in [1.807, 2.05) is 37.5 Å². The number of carbonyl (C=O) groups is 1. The molecule has 22 heavy (non-hydrogen) atoms. The van der Waals surface area contributed by atoms with Crippen molar-refractivity contribution in [2.75, 3.05) is 11.9 Å². The molecule has 0 aliphatic rings. The van der Waals surface area contributed by atoms with Crippen LogP contribution in [0.4, 0.5) is 5.69 Å². The van der Waals surface area contributed by atoms with Gasteiger partial charge in [0.1, 0.15) is 0 Å². The van der Waals surface area contributed by atoms with Gasteiger partial charge in [0.05, 0.1) is 18.6 Å². The Morgan fingerprint density at radius 3 is 2.82 bits per heavy atom. The number of hydrogen-bond donors (Lipinski definition) is 2. The first-order valence-electron chi connectivity index (χ1n) is 7.23. The Kier molecular flexibility index (Phi) is 5.74. The number of rotatable bonds is 6. The van der Waals surface area contributed by atoms with E-state index in [9.17, 15) is 4.79 Å². The summed E-state index contributed by atoms with van der Waals surface area (Å²) in [7, 11) is 0. The number of aromatic nitrogens is 2. The van der Waals surface area contributed by atoms with Crippen LogP contribution < -0.4 is 10.6 Å². The molecule has 6 heteroatoms. The summed E-state index contributed by atoms with van der Waals surface area (Å²) in [6.45, 7) is 7.17. The molecule has 0 aliphatic heterocycles. The average Bonchev–Trinajstić information content (AvgIpc) is 2.77. The summed E-state index contributed by atoms with van der Waals surface area (Å²) in [4.78, 5) is 16.2. The first-order valence-corrected chi connectivity index (χ1v) is 8.02. The number of carbonyl (C=O) groups excluding carboxylic acids is 1. The minimum atomic E-state index is -0.0523. The second-order valence-corrected chi connectivity index (χ2v) is 6.32. The van der Waals surface area contributed by atoms with Crippen LogP contribution >= 0.6 is 15.9 Å². The number of hydrogen-bond acceptors (Lipinski definition) is 3. The molecule has 0 bridgehead atoms. The maximum Gasteiger partial charge on any atom is 0.238 e. The highest BCUT2D eigenvalue weighted by molar-refractivity contribution is 9.10. The molecule has 1 heterocycles. The maximum atomic E-state index is 11.9. The third kappa shape index (κ3) is 4.68. The zero-order valence-corrected chi connectivity index (χ0v) is 14.6. The number of imidazole rings is 1. The lowest BCUT2D eigenvalue weighted by Gasteiger charge is -2.15. The predicted octanol–water partition coefficient (Wildman–Crippen LogP) is 2.88. The lowest BCUT2D eigenvalue weighted by molar-refractivity contribution is -0.115. The van der Waals surface area contributed by atoms with Crippen molar-refractivity contribution in [3.05, 3.63) is 46.5 Å². The van der Waals surface area contributed by atoms with E-state index in [2.05, 4.69) is 50.0 Å². The van der Waals surface area contributed by atoms with E-state index >= 15 is 0 Å². The number of anilines is 1. The van der Waals surface area contributed by atoms with Gasteiger partial charge in [0, 0.05) is 28.4 Å². The Hall–Kier alpha value is -1.66. The highest BCUT2D eigenvalue weighted by Gasteiger charge is 2.09. The van der Waals surface area contributed by atoms with Gasteiger partial charge in [-0.15, -0.1) is 0 Å². The summed E-state index contributed by atoms with van der Waals surface area (Å²) in [5.41, 5.74) is 2.99. The average molecular weight is 365 g/mol. The van der Waals surface area contributed by atoms with Crippen molar-refractivity contribution in [3.63, 3.8) is 0 Å². The summed E-state index contributed by atoms with van der Waals surface area (Å²) in [5.74, 6) is -0.0523. The Morgan fingerprint density at radius 2 is 2.18 bits per heavy atom. The molecule has 1 aromatic carbocycles. The Balaban J connectivity index is 1.79. The Morgan fingerprint density at radius 1 is 1.41 bits per heavy atom. The van der Waals surface area contributed by atoms with Crippen LogP contribution in [0.15, 0.2) is 35.1 Å². The minimum Gasteiger partial charge on any atom is -0.333 e. The van der Waals surface area contributed by atoms with Crippen LogP contribution in [0, 0.1) is 13.8 Å². The molecule has 2 rings (SSSR count). The van der Waals surface area contributed by atoms with E-state index < -0.39 is 0 Å². The molecule has 1 atom stereocenters. The second kappa shape index (κ2) is 7.56. The van der Waals surface area contributed by atoms with Gasteiger partial charge in [-0.2, -0.15) is 0 Å². The first kappa shape index (κ1) is 16.7. The molecule has 0 aliphatic carbocycles. The second-order valence-electron chi connectivity index (χ2n) is 5.41. The van der Waals surface area contributed by atoms with Crippen LogP contribution in [0.5, 0.6) is 0 Å². The Labute approximate surface area is 139 Å². The quantitative estimate of drug-likeness (QED) is 0.828. The number of nitrogens with zero attached hydrogens (tertiary/aromatic N) is 2. The molecule has 1 aromatic heterocycles. The number of benzene rings is 1. The van der Waals surface area contributed by atoms with Gasteiger partial charge in [0.2, 0.25) is 5.91 Å². The first-order chi connectivity index (χ1) is 10.5. The van der Waals surface area contributed by atoms with Crippen molar-refractivity contribution < 1.29 is 4.79 Å². The van der Waals surface area contributed by atoms with E-state index in [1.165, 1.54) is 0 Å². The molecule has 0 spiro atoms. The van der Waals surface area contributed by atoms with E-state index in [-0.39, 0.29) is 18.5 Å². The Bertz CT molecular complexity index is 653. The van der Waals surface area contributed by atoms with Crippen LogP contribution in [0.1, 0.15) is 18.3 Å². The fourth-order valence-corrected chi connectivity index (χ4v) is 2.53. The highest BCUT2D eigenvalue weighted by Crippen LogP contribution is 2.15. The number of halogens is 1. The van der Waals surface area contributed by atoms with E-state index in [1.54, 1.807) is 0 Å². The van der Waals surface area contributed by atoms with Crippen LogP contribution in [0.2, 0.25) is 0 Å². The van der Waals surface area contributed by atoms with Gasteiger partial charge >= 0.3 is 0 Å². The zero-order chi connectivity index (χ0) is 16.1. The molecule has 0 saturated carbocycles. The fourth-order valence-electron chi connectivity index (χ4n) is 2.13. The number of nitrogens with one attached hydrogen (secondary N) is 2. The summed E-state index contributed by atoms with van der Waals surface area (Å²) >= 11 is 3.38. The minimum absolute atomic E-state index is 0.0523. The molecule has 1 amide bonds.